The van der Waals surface area contributed by atoms with E-state index in [0.29, 0.717) is 5.92 Å². The summed E-state index contributed by atoms with van der Waals surface area (Å²) in [7, 11) is 1.67. The van der Waals surface area contributed by atoms with E-state index in [1.54, 1.807) is 18.0 Å². The standard InChI is InChI=1S/C25H25N5O/c1-15-9-20-21-10-17(16-5-7-26-8-6-16)3-4-22(21)29-23(20)12-19(15)18-11-24(31-2)25-27-14-28-30(25)13-18/h3-4,9-14,16,26,29H,5-8H2,1-2H3. The van der Waals surface area contributed by atoms with Gasteiger partial charge in [0.15, 0.2) is 11.4 Å². The van der Waals surface area contributed by atoms with Crippen LogP contribution in [0.5, 0.6) is 5.75 Å². The summed E-state index contributed by atoms with van der Waals surface area (Å²) in [5, 5.41) is 10.4. The number of aromatic amines is 1. The minimum absolute atomic E-state index is 0.651. The Morgan fingerprint density at radius 1 is 1.03 bits per heavy atom. The van der Waals surface area contributed by atoms with Gasteiger partial charge in [0.2, 0.25) is 0 Å². The number of aromatic nitrogens is 4. The predicted molar refractivity (Wildman–Crippen MR) is 124 cm³/mol. The van der Waals surface area contributed by atoms with Gasteiger partial charge in [-0.2, -0.15) is 5.10 Å². The normalized spacial score (nSPS) is 15.3. The molecule has 6 rings (SSSR count). The molecule has 0 unspecified atom stereocenters. The summed E-state index contributed by atoms with van der Waals surface area (Å²) in [6.45, 7) is 4.39. The van der Waals surface area contributed by atoms with Gasteiger partial charge in [-0.05, 0) is 85.8 Å². The lowest BCUT2D eigenvalue weighted by molar-refractivity contribution is 0.417. The smallest absolute Gasteiger partial charge is 0.197 e. The van der Waals surface area contributed by atoms with Gasteiger partial charge >= 0.3 is 0 Å². The lowest BCUT2D eigenvalue weighted by Gasteiger charge is -2.23. The maximum Gasteiger partial charge on any atom is 0.197 e. The van der Waals surface area contributed by atoms with Gasteiger partial charge in [-0.15, -0.1) is 0 Å². The van der Waals surface area contributed by atoms with Crippen molar-refractivity contribution in [2.75, 3.05) is 20.2 Å². The molecule has 6 nitrogen and oxygen atoms in total. The van der Waals surface area contributed by atoms with Crippen molar-refractivity contribution in [2.24, 2.45) is 0 Å². The second-order valence-electron chi connectivity index (χ2n) is 8.49. The topological polar surface area (TPSA) is 67.2 Å². The summed E-state index contributed by atoms with van der Waals surface area (Å²) in [6, 6.07) is 13.5. The van der Waals surface area contributed by atoms with E-state index < -0.39 is 0 Å². The molecule has 4 heterocycles. The molecule has 1 aliphatic heterocycles. The molecule has 1 aliphatic rings. The fourth-order valence-electron chi connectivity index (χ4n) is 4.99. The molecular weight excluding hydrogens is 386 g/mol. The minimum atomic E-state index is 0.651. The number of benzene rings is 2. The molecule has 0 bridgehead atoms. The van der Waals surface area contributed by atoms with E-state index in [9.17, 15) is 0 Å². The molecule has 6 heteroatoms. The maximum atomic E-state index is 5.56. The fraction of sp³-hybridized carbons (Fsp3) is 0.280. The van der Waals surface area contributed by atoms with Crippen molar-refractivity contribution >= 4 is 27.5 Å². The number of hydrogen-bond donors (Lipinski definition) is 2. The minimum Gasteiger partial charge on any atom is -0.493 e. The number of methoxy groups -OCH3 is 1. The summed E-state index contributed by atoms with van der Waals surface area (Å²) >= 11 is 0. The molecule has 3 aromatic heterocycles. The molecule has 0 atom stereocenters. The van der Waals surface area contributed by atoms with E-state index in [1.165, 1.54) is 40.3 Å². The number of fused-ring (bicyclic) bond motifs is 4. The zero-order valence-electron chi connectivity index (χ0n) is 17.8. The number of rotatable bonds is 3. The number of nitrogens with one attached hydrogen (secondary N) is 2. The largest absolute Gasteiger partial charge is 0.493 e. The van der Waals surface area contributed by atoms with E-state index in [-0.39, 0.29) is 0 Å². The predicted octanol–water partition coefficient (Wildman–Crippen LogP) is 4.81. The summed E-state index contributed by atoms with van der Waals surface area (Å²) < 4.78 is 7.33. The van der Waals surface area contributed by atoms with E-state index in [4.69, 9.17) is 4.74 Å². The molecule has 0 radical (unpaired) electrons. The zero-order valence-corrected chi connectivity index (χ0v) is 17.8. The Bertz CT molecular complexity index is 1420. The summed E-state index contributed by atoms with van der Waals surface area (Å²) in [6.07, 6.45) is 5.99. The zero-order chi connectivity index (χ0) is 20.9. The molecule has 1 fully saturated rings. The Hall–Kier alpha value is -3.38. The van der Waals surface area contributed by atoms with Gasteiger partial charge in [-0.25, -0.2) is 9.50 Å². The van der Waals surface area contributed by atoms with Crippen LogP contribution < -0.4 is 10.1 Å². The molecule has 1 saturated heterocycles. The van der Waals surface area contributed by atoms with Crippen molar-refractivity contribution in [3.8, 4) is 16.9 Å². The highest BCUT2D eigenvalue weighted by molar-refractivity contribution is 6.09. The SMILES string of the molecule is COc1cc(-c2cc3[nH]c4ccc(C5CCNCC5)cc4c3cc2C)cn2ncnc12. The first-order valence-corrected chi connectivity index (χ1v) is 10.9. The second kappa shape index (κ2) is 7.10. The van der Waals surface area contributed by atoms with Crippen LogP contribution >= 0.6 is 0 Å². The number of H-pyrrole nitrogens is 1. The average molecular weight is 412 g/mol. The van der Waals surface area contributed by atoms with Crippen LogP contribution in [0.2, 0.25) is 0 Å². The Balaban J connectivity index is 1.50. The van der Waals surface area contributed by atoms with Crippen LogP contribution in [0.1, 0.15) is 29.9 Å². The van der Waals surface area contributed by atoms with E-state index in [1.807, 2.05) is 12.3 Å². The Labute approximate surface area is 180 Å². The van der Waals surface area contributed by atoms with Crippen molar-refractivity contribution in [3.05, 3.63) is 60.0 Å². The number of nitrogens with zero attached hydrogens (tertiary/aromatic N) is 3. The Morgan fingerprint density at radius 3 is 2.71 bits per heavy atom. The van der Waals surface area contributed by atoms with Crippen LogP contribution in [0.15, 0.2) is 48.9 Å². The molecule has 5 aromatic rings. The van der Waals surface area contributed by atoms with Crippen molar-refractivity contribution in [1.82, 2.24) is 24.9 Å². The van der Waals surface area contributed by atoms with E-state index in [0.717, 1.165) is 41.1 Å². The molecule has 0 amide bonds. The Morgan fingerprint density at radius 2 is 1.87 bits per heavy atom. The van der Waals surface area contributed by atoms with Gasteiger partial charge in [0.25, 0.3) is 0 Å². The van der Waals surface area contributed by atoms with Gasteiger partial charge in [0, 0.05) is 33.6 Å². The second-order valence-corrected chi connectivity index (χ2v) is 8.49. The molecule has 2 N–H and O–H groups in total. The number of ether oxygens (including phenoxy) is 1. The van der Waals surface area contributed by atoms with Crippen molar-refractivity contribution in [3.63, 3.8) is 0 Å². The summed E-state index contributed by atoms with van der Waals surface area (Å²) in [4.78, 5) is 7.92. The van der Waals surface area contributed by atoms with Crippen LogP contribution in [-0.4, -0.2) is 39.8 Å². The van der Waals surface area contributed by atoms with Gasteiger partial charge < -0.3 is 15.0 Å². The summed E-state index contributed by atoms with van der Waals surface area (Å²) in [5.41, 5.74) is 7.96. The molecule has 0 aliphatic carbocycles. The highest BCUT2D eigenvalue weighted by atomic mass is 16.5. The third-order valence-electron chi connectivity index (χ3n) is 6.65. The monoisotopic (exact) mass is 411 g/mol. The highest BCUT2D eigenvalue weighted by Gasteiger charge is 2.17. The Kier molecular flexibility index (Phi) is 4.21. The quantitative estimate of drug-likeness (QED) is 0.447. The van der Waals surface area contributed by atoms with E-state index >= 15 is 0 Å². The molecule has 0 spiro atoms. The van der Waals surface area contributed by atoms with Crippen LogP contribution in [0.3, 0.4) is 0 Å². The van der Waals surface area contributed by atoms with Crippen LogP contribution in [0, 0.1) is 6.92 Å². The molecule has 156 valence electrons. The fourth-order valence-corrected chi connectivity index (χ4v) is 4.99. The third kappa shape index (κ3) is 2.98. The van der Waals surface area contributed by atoms with Crippen LogP contribution in [0.4, 0.5) is 0 Å². The van der Waals surface area contributed by atoms with Crippen LogP contribution in [-0.2, 0) is 0 Å². The lowest BCUT2D eigenvalue weighted by Crippen LogP contribution is -2.26. The first kappa shape index (κ1) is 18.4. The average Bonchev–Trinajstić information content (AvgIpc) is 3.42. The molecule has 31 heavy (non-hydrogen) atoms. The number of hydrogen-bond acceptors (Lipinski definition) is 4. The van der Waals surface area contributed by atoms with Crippen molar-refractivity contribution in [1.29, 1.82) is 0 Å². The maximum absolute atomic E-state index is 5.56. The van der Waals surface area contributed by atoms with E-state index in [2.05, 4.69) is 57.6 Å². The lowest BCUT2D eigenvalue weighted by atomic mass is 9.89. The molecule has 2 aromatic carbocycles. The molecule has 0 saturated carbocycles. The number of pyridine rings is 1. The van der Waals surface area contributed by atoms with Gasteiger partial charge in [0.05, 0.1) is 7.11 Å². The van der Waals surface area contributed by atoms with Gasteiger partial charge in [0.1, 0.15) is 6.33 Å². The van der Waals surface area contributed by atoms with Gasteiger partial charge in [-0.1, -0.05) is 6.07 Å². The molecular formula is C25H25N5O. The van der Waals surface area contributed by atoms with Crippen molar-refractivity contribution < 1.29 is 4.74 Å². The number of piperidine rings is 1. The summed E-state index contributed by atoms with van der Waals surface area (Å²) in [5.74, 6) is 1.37. The first-order valence-electron chi connectivity index (χ1n) is 10.9. The third-order valence-corrected chi connectivity index (χ3v) is 6.65. The van der Waals surface area contributed by atoms with Crippen LogP contribution in [0.25, 0.3) is 38.6 Å². The highest BCUT2D eigenvalue weighted by Crippen LogP contribution is 2.36. The van der Waals surface area contributed by atoms with Crippen molar-refractivity contribution in [2.45, 2.75) is 25.7 Å². The first-order chi connectivity index (χ1) is 15.2. The van der Waals surface area contributed by atoms with Gasteiger partial charge in [-0.3, -0.25) is 0 Å². The number of aryl methyl sites for hydroxylation is 1.